The summed E-state index contributed by atoms with van der Waals surface area (Å²) in [6.45, 7) is 10.7. The highest BCUT2D eigenvalue weighted by Gasteiger charge is 2.43. The quantitative estimate of drug-likeness (QED) is 0.794. The Labute approximate surface area is 113 Å². The van der Waals surface area contributed by atoms with Crippen molar-refractivity contribution < 1.29 is 4.74 Å². The van der Waals surface area contributed by atoms with Gasteiger partial charge in [-0.1, -0.05) is 20.3 Å². The molecule has 0 aromatic carbocycles. The molecule has 0 saturated carbocycles. The smallest absolute Gasteiger partial charge is 0.0593 e. The lowest BCUT2D eigenvalue weighted by atomic mass is 9.80. The van der Waals surface area contributed by atoms with E-state index in [1.165, 1.54) is 6.42 Å². The summed E-state index contributed by atoms with van der Waals surface area (Å²) in [5.41, 5.74) is 6.48. The monoisotopic (exact) mass is 256 g/mol. The van der Waals surface area contributed by atoms with Crippen LogP contribution in [0.15, 0.2) is 0 Å². The summed E-state index contributed by atoms with van der Waals surface area (Å²) in [6, 6.07) is 0. The summed E-state index contributed by atoms with van der Waals surface area (Å²) < 4.78 is 5.89. The molecule has 1 heterocycles. The van der Waals surface area contributed by atoms with Crippen LogP contribution >= 0.6 is 0 Å². The number of nitrogens with zero attached hydrogens (tertiary/aromatic N) is 1. The fraction of sp³-hybridized carbons (Fsp3) is 1.00. The minimum atomic E-state index is 0.123. The molecule has 18 heavy (non-hydrogen) atoms. The van der Waals surface area contributed by atoms with Crippen molar-refractivity contribution in [3.8, 4) is 0 Å². The summed E-state index contributed by atoms with van der Waals surface area (Å²) in [5.74, 6) is 0. The van der Waals surface area contributed by atoms with Gasteiger partial charge in [0.2, 0.25) is 0 Å². The third-order valence-corrected chi connectivity index (χ3v) is 5.00. The van der Waals surface area contributed by atoms with Gasteiger partial charge in [-0.15, -0.1) is 0 Å². The van der Waals surface area contributed by atoms with Crippen molar-refractivity contribution >= 4 is 0 Å². The molecule has 0 amide bonds. The number of ether oxygens (including phenoxy) is 1. The zero-order chi connectivity index (χ0) is 13.8. The second-order valence-electron chi connectivity index (χ2n) is 6.39. The first kappa shape index (κ1) is 15.9. The van der Waals surface area contributed by atoms with E-state index in [1.54, 1.807) is 0 Å². The maximum atomic E-state index is 6.15. The summed E-state index contributed by atoms with van der Waals surface area (Å²) >= 11 is 0. The molecule has 0 bridgehead atoms. The minimum Gasteiger partial charge on any atom is -0.378 e. The highest BCUT2D eigenvalue weighted by atomic mass is 16.5. The average molecular weight is 256 g/mol. The van der Waals surface area contributed by atoms with Crippen molar-refractivity contribution in [2.45, 2.75) is 77.0 Å². The van der Waals surface area contributed by atoms with E-state index in [0.29, 0.717) is 6.10 Å². The average Bonchev–Trinajstić information content (AvgIpc) is 2.38. The molecule has 108 valence electrons. The molecular weight excluding hydrogens is 224 g/mol. The van der Waals surface area contributed by atoms with Crippen LogP contribution < -0.4 is 5.73 Å². The molecule has 2 atom stereocenters. The van der Waals surface area contributed by atoms with E-state index < -0.39 is 0 Å². The van der Waals surface area contributed by atoms with Crippen LogP contribution in [0.25, 0.3) is 0 Å². The van der Waals surface area contributed by atoms with Gasteiger partial charge in [0.25, 0.3) is 0 Å². The highest BCUT2D eigenvalue weighted by molar-refractivity contribution is 4.99. The van der Waals surface area contributed by atoms with Gasteiger partial charge in [-0.25, -0.2) is 0 Å². The second kappa shape index (κ2) is 6.36. The van der Waals surface area contributed by atoms with E-state index in [1.807, 2.05) is 0 Å². The highest BCUT2D eigenvalue weighted by Crippen LogP contribution is 2.36. The van der Waals surface area contributed by atoms with Crippen molar-refractivity contribution in [2.24, 2.45) is 5.73 Å². The molecule has 1 rings (SSSR count). The molecule has 3 nitrogen and oxygen atoms in total. The molecule has 0 aromatic heterocycles. The molecule has 1 aliphatic rings. The maximum absolute atomic E-state index is 6.15. The first-order valence-electron chi connectivity index (χ1n) is 7.47. The molecule has 0 radical (unpaired) electrons. The minimum absolute atomic E-state index is 0.123. The first-order chi connectivity index (χ1) is 8.41. The predicted octanol–water partition coefficient (Wildman–Crippen LogP) is 2.78. The Bertz CT molecular complexity index is 253. The van der Waals surface area contributed by atoms with Gasteiger partial charge in [0.1, 0.15) is 0 Å². The van der Waals surface area contributed by atoms with Crippen molar-refractivity contribution in [1.82, 2.24) is 4.90 Å². The van der Waals surface area contributed by atoms with Crippen LogP contribution in [-0.4, -0.2) is 42.3 Å². The summed E-state index contributed by atoms with van der Waals surface area (Å²) in [4.78, 5) is 2.52. The largest absolute Gasteiger partial charge is 0.378 e. The molecule has 1 saturated heterocycles. The van der Waals surface area contributed by atoms with Gasteiger partial charge in [0.15, 0.2) is 0 Å². The molecule has 0 aromatic rings. The molecule has 2 unspecified atom stereocenters. The SMILES string of the molecule is CCCC1CC(CN)(N(C)C(C)(C)CC)CCO1. The van der Waals surface area contributed by atoms with Gasteiger partial charge in [-0.3, -0.25) is 4.90 Å². The van der Waals surface area contributed by atoms with Gasteiger partial charge in [-0.2, -0.15) is 0 Å². The van der Waals surface area contributed by atoms with E-state index >= 15 is 0 Å². The van der Waals surface area contributed by atoms with Crippen LogP contribution in [0.3, 0.4) is 0 Å². The number of hydrogen-bond donors (Lipinski definition) is 1. The lowest BCUT2D eigenvalue weighted by Crippen LogP contribution is -2.63. The number of rotatable bonds is 6. The third-order valence-electron chi connectivity index (χ3n) is 5.00. The van der Waals surface area contributed by atoms with Crippen molar-refractivity contribution in [2.75, 3.05) is 20.2 Å². The zero-order valence-electron chi connectivity index (χ0n) is 13.0. The first-order valence-corrected chi connectivity index (χ1v) is 7.47. The van der Waals surface area contributed by atoms with Crippen LogP contribution in [0.1, 0.15) is 59.8 Å². The van der Waals surface area contributed by atoms with Gasteiger partial charge >= 0.3 is 0 Å². The zero-order valence-corrected chi connectivity index (χ0v) is 13.0. The van der Waals surface area contributed by atoms with Crippen LogP contribution in [0.5, 0.6) is 0 Å². The Morgan fingerprint density at radius 3 is 2.56 bits per heavy atom. The van der Waals surface area contributed by atoms with E-state index in [4.69, 9.17) is 10.5 Å². The van der Waals surface area contributed by atoms with Crippen molar-refractivity contribution in [3.05, 3.63) is 0 Å². The van der Waals surface area contributed by atoms with Crippen LogP contribution in [-0.2, 0) is 4.74 Å². The molecular formula is C15H32N2O. The van der Waals surface area contributed by atoms with Crippen LogP contribution in [0, 0.1) is 0 Å². The van der Waals surface area contributed by atoms with Gasteiger partial charge in [0.05, 0.1) is 6.10 Å². The maximum Gasteiger partial charge on any atom is 0.0593 e. The fourth-order valence-electron chi connectivity index (χ4n) is 3.01. The Morgan fingerprint density at radius 1 is 1.39 bits per heavy atom. The van der Waals surface area contributed by atoms with E-state index in [2.05, 4.69) is 39.6 Å². The predicted molar refractivity (Wildman–Crippen MR) is 77.8 cm³/mol. The van der Waals surface area contributed by atoms with Gasteiger partial charge in [-0.05, 0) is 46.6 Å². The molecule has 3 heteroatoms. The summed E-state index contributed by atoms with van der Waals surface area (Å²) in [6.07, 6.45) is 6.02. The van der Waals surface area contributed by atoms with Crippen LogP contribution in [0.4, 0.5) is 0 Å². The topological polar surface area (TPSA) is 38.5 Å². The van der Waals surface area contributed by atoms with Crippen molar-refractivity contribution in [1.29, 1.82) is 0 Å². The Morgan fingerprint density at radius 2 is 2.06 bits per heavy atom. The van der Waals surface area contributed by atoms with E-state index in [-0.39, 0.29) is 11.1 Å². The number of hydrogen-bond acceptors (Lipinski definition) is 3. The Hall–Kier alpha value is -0.120. The second-order valence-corrected chi connectivity index (χ2v) is 6.39. The molecule has 0 aliphatic carbocycles. The van der Waals surface area contributed by atoms with E-state index in [0.717, 1.165) is 38.8 Å². The third kappa shape index (κ3) is 3.25. The molecule has 2 N–H and O–H groups in total. The van der Waals surface area contributed by atoms with Gasteiger partial charge in [0, 0.05) is 24.2 Å². The normalized spacial score (nSPS) is 29.8. The number of likely N-dealkylation sites (N-methyl/N-ethyl adjacent to an activating group) is 1. The summed E-state index contributed by atoms with van der Waals surface area (Å²) in [7, 11) is 2.24. The van der Waals surface area contributed by atoms with Gasteiger partial charge < -0.3 is 10.5 Å². The summed E-state index contributed by atoms with van der Waals surface area (Å²) in [5, 5.41) is 0. The van der Waals surface area contributed by atoms with Crippen molar-refractivity contribution in [3.63, 3.8) is 0 Å². The standard InChI is InChI=1S/C15H32N2O/c1-6-8-13-11-15(12-16,9-10-18-13)17(5)14(3,4)7-2/h13H,6-12,16H2,1-5H3. The Kier molecular flexibility index (Phi) is 5.63. The molecule has 1 aliphatic heterocycles. The van der Waals surface area contributed by atoms with E-state index in [9.17, 15) is 0 Å². The van der Waals surface area contributed by atoms with Crippen LogP contribution in [0.2, 0.25) is 0 Å². The Balaban J connectivity index is 2.84. The lowest BCUT2D eigenvalue weighted by Gasteiger charge is -2.52. The lowest BCUT2D eigenvalue weighted by molar-refractivity contribution is -0.0927. The molecule has 1 fully saturated rings. The number of nitrogens with two attached hydrogens (primary N) is 1. The fourth-order valence-corrected chi connectivity index (χ4v) is 3.01. The molecule has 0 spiro atoms.